The molecule has 0 atom stereocenters. The summed E-state index contributed by atoms with van der Waals surface area (Å²) in [5.41, 5.74) is 1.40. The summed E-state index contributed by atoms with van der Waals surface area (Å²) in [6.45, 7) is 4.19. The molecule has 0 unspecified atom stereocenters. The summed E-state index contributed by atoms with van der Waals surface area (Å²) in [5, 5.41) is 0.586. The number of hydrogen-bond acceptors (Lipinski definition) is 2. The molecule has 0 spiro atoms. The lowest BCUT2D eigenvalue weighted by Gasteiger charge is -2.07. The van der Waals surface area contributed by atoms with E-state index in [-0.39, 0.29) is 5.56 Å². The van der Waals surface area contributed by atoms with Gasteiger partial charge in [-0.2, -0.15) is 0 Å². The zero-order chi connectivity index (χ0) is 13.1. The molecular weight excluding hydrogens is 248 g/mol. The molecule has 1 N–H and O–H groups in total. The number of nitrogens with zero attached hydrogens (tertiary/aromatic N) is 1. The Morgan fingerprint density at radius 2 is 2.06 bits per heavy atom. The van der Waals surface area contributed by atoms with Gasteiger partial charge in [-0.15, -0.1) is 0 Å². The van der Waals surface area contributed by atoms with E-state index in [1.54, 1.807) is 12.1 Å². The molecule has 0 saturated carbocycles. The van der Waals surface area contributed by atoms with Crippen LogP contribution in [0.25, 0.3) is 11.4 Å². The monoisotopic (exact) mass is 262 g/mol. The quantitative estimate of drug-likeness (QED) is 0.923. The summed E-state index contributed by atoms with van der Waals surface area (Å²) in [7, 11) is 0. The van der Waals surface area contributed by atoms with Crippen molar-refractivity contribution in [1.29, 1.82) is 0 Å². The molecule has 2 aromatic rings. The predicted molar refractivity (Wildman–Crippen MR) is 73.8 cm³/mol. The molecule has 1 aromatic carbocycles. The molecule has 1 heterocycles. The first-order chi connectivity index (χ1) is 8.56. The van der Waals surface area contributed by atoms with E-state index in [0.717, 1.165) is 17.7 Å². The Morgan fingerprint density at radius 1 is 1.33 bits per heavy atom. The van der Waals surface area contributed by atoms with Gasteiger partial charge in [-0.3, -0.25) is 4.79 Å². The number of halogens is 1. The number of rotatable bonds is 3. The van der Waals surface area contributed by atoms with Crippen LogP contribution in [-0.4, -0.2) is 9.97 Å². The van der Waals surface area contributed by atoms with Crippen LogP contribution in [-0.2, 0) is 6.42 Å². The van der Waals surface area contributed by atoms with Gasteiger partial charge >= 0.3 is 0 Å². The highest BCUT2D eigenvalue weighted by Crippen LogP contribution is 2.23. The van der Waals surface area contributed by atoms with Crippen LogP contribution in [0.1, 0.15) is 19.5 Å². The largest absolute Gasteiger partial charge is 0.306 e. The van der Waals surface area contributed by atoms with E-state index in [0.29, 0.717) is 16.8 Å². The maximum Gasteiger partial charge on any atom is 0.251 e. The highest BCUT2D eigenvalue weighted by molar-refractivity contribution is 6.33. The van der Waals surface area contributed by atoms with Gasteiger partial charge in [-0.1, -0.05) is 37.6 Å². The molecular formula is C14H15ClN2O. The Hall–Kier alpha value is -1.61. The third-order valence-electron chi connectivity index (χ3n) is 2.54. The van der Waals surface area contributed by atoms with Gasteiger partial charge in [-0.25, -0.2) is 4.98 Å². The Morgan fingerprint density at radius 3 is 2.72 bits per heavy atom. The zero-order valence-corrected chi connectivity index (χ0v) is 11.2. The van der Waals surface area contributed by atoms with Crippen LogP contribution in [0.2, 0.25) is 5.02 Å². The number of aromatic amines is 1. The van der Waals surface area contributed by atoms with Crippen molar-refractivity contribution >= 4 is 11.6 Å². The van der Waals surface area contributed by atoms with Crippen LogP contribution in [0.15, 0.2) is 35.1 Å². The number of H-pyrrole nitrogens is 1. The molecule has 0 amide bonds. The van der Waals surface area contributed by atoms with Crippen molar-refractivity contribution in [3.05, 3.63) is 51.4 Å². The zero-order valence-electron chi connectivity index (χ0n) is 10.4. The Labute approximate surface area is 111 Å². The van der Waals surface area contributed by atoms with Crippen molar-refractivity contribution in [2.75, 3.05) is 0 Å². The Bertz CT molecular complexity index is 605. The Kier molecular flexibility index (Phi) is 3.82. The standard InChI is InChI=1S/C14H15ClN2O/c1-9(2)7-10-8-13(18)17-14(16-10)11-5-3-4-6-12(11)15/h3-6,8-9H,7H2,1-2H3,(H,16,17,18). The molecule has 1 aromatic heterocycles. The summed E-state index contributed by atoms with van der Waals surface area (Å²) in [6, 6.07) is 8.89. The van der Waals surface area contributed by atoms with Gasteiger partial charge in [0.2, 0.25) is 0 Å². The maximum atomic E-state index is 11.6. The number of nitrogens with one attached hydrogen (secondary N) is 1. The summed E-state index contributed by atoms with van der Waals surface area (Å²) in [5.74, 6) is 0.988. The van der Waals surface area contributed by atoms with Crippen LogP contribution < -0.4 is 5.56 Å². The molecule has 0 aliphatic carbocycles. The van der Waals surface area contributed by atoms with Crippen LogP contribution in [0.3, 0.4) is 0 Å². The molecule has 0 bridgehead atoms. The summed E-state index contributed by atoms with van der Waals surface area (Å²) >= 11 is 6.11. The SMILES string of the molecule is CC(C)Cc1cc(=O)[nH]c(-c2ccccc2Cl)n1. The molecule has 3 nitrogen and oxygen atoms in total. The summed E-state index contributed by atoms with van der Waals surface area (Å²) in [6.07, 6.45) is 0.779. The molecule has 0 fully saturated rings. The van der Waals surface area contributed by atoms with Crippen LogP contribution in [0.5, 0.6) is 0 Å². The lowest BCUT2D eigenvalue weighted by molar-refractivity contribution is 0.634. The van der Waals surface area contributed by atoms with E-state index in [1.807, 2.05) is 18.2 Å². The number of hydrogen-bond donors (Lipinski definition) is 1. The molecule has 0 aliphatic heterocycles. The average molecular weight is 263 g/mol. The predicted octanol–water partition coefficient (Wildman–Crippen LogP) is 3.29. The van der Waals surface area contributed by atoms with Gasteiger partial charge in [0.15, 0.2) is 0 Å². The normalized spacial score (nSPS) is 10.9. The second-order valence-electron chi connectivity index (χ2n) is 4.66. The number of aromatic nitrogens is 2. The third-order valence-corrected chi connectivity index (χ3v) is 2.87. The molecule has 2 rings (SSSR count). The van der Waals surface area contributed by atoms with Gasteiger partial charge in [-0.05, 0) is 24.5 Å². The molecule has 0 radical (unpaired) electrons. The van der Waals surface area contributed by atoms with E-state index < -0.39 is 0 Å². The van der Waals surface area contributed by atoms with Gasteiger partial charge in [0.25, 0.3) is 5.56 Å². The van der Waals surface area contributed by atoms with Gasteiger partial charge in [0.1, 0.15) is 5.82 Å². The second-order valence-corrected chi connectivity index (χ2v) is 5.07. The van der Waals surface area contributed by atoms with Gasteiger partial charge < -0.3 is 4.98 Å². The second kappa shape index (κ2) is 5.36. The minimum atomic E-state index is -0.143. The van der Waals surface area contributed by atoms with Crippen molar-refractivity contribution in [1.82, 2.24) is 9.97 Å². The summed E-state index contributed by atoms with van der Waals surface area (Å²) < 4.78 is 0. The van der Waals surface area contributed by atoms with Crippen LogP contribution in [0, 0.1) is 5.92 Å². The van der Waals surface area contributed by atoms with E-state index in [9.17, 15) is 4.79 Å². The van der Waals surface area contributed by atoms with Crippen molar-refractivity contribution in [2.24, 2.45) is 5.92 Å². The van der Waals surface area contributed by atoms with Gasteiger partial charge in [0.05, 0.1) is 5.02 Å². The first kappa shape index (κ1) is 12.8. The molecule has 18 heavy (non-hydrogen) atoms. The molecule has 0 aliphatic rings. The van der Waals surface area contributed by atoms with E-state index in [4.69, 9.17) is 11.6 Å². The smallest absolute Gasteiger partial charge is 0.251 e. The molecule has 94 valence electrons. The van der Waals surface area contributed by atoms with E-state index in [1.165, 1.54) is 0 Å². The topological polar surface area (TPSA) is 45.8 Å². The highest BCUT2D eigenvalue weighted by Gasteiger charge is 2.08. The number of benzene rings is 1. The lowest BCUT2D eigenvalue weighted by atomic mass is 10.1. The molecule has 4 heteroatoms. The third kappa shape index (κ3) is 2.99. The minimum Gasteiger partial charge on any atom is -0.306 e. The van der Waals surface area contributed by atoms with Crippen LogP contribution >= 0.6 is 11.6 Å². The average Bonchev–Trinajstić information content (AvgIpc) is 2.27. The van der Waals surface area contributed by atoms with Crippen molar-refractivity contribution in [2.45, 2.75) is 20.3 Å². The lowest BCUT2D eigenvalue weighted by Crippen LogP contribution is -2.11. The first-order valence-corrected chi connectivity index (χ1v) is 6.29. The van der Waals surface area contributed by atoms with E-state index in [2.05, 4.69) is 23.8 Å². The fourth-order valence-electron chi connectivity index (χ4n) is 1.81. The van der Waals surface area contributed by atoms with Crippen molar-refractivity contribution in [3.63, 3.8) is 0 Å². The summed E-state index contributed by atoms with van der Waals surface area (Å²) in [4.78, 5) is 18.8. The van der Waals surface area contributed by atoms with Crippen molar-refractivity contribution < 1.29 is 0 Å². The minimum absolute atomic E-state index is 0.143. The van der Waals surface area contributed by atoms with Crippen LogP contribution in [0.4, 0.5) is 0 Å². The molecule has 0 saturated heterocycles. The first-order valence-electron chi connectivity index (χ1n) is 5.91. The van der Waals surface area contributed by atoms with Crippen molar-refractivity contribution in [3.8, 4) is 11.4 Å². The maximum absolute atomic E-state index is 11.6. The highest BCUT2D eigenvalue weighted by atomic mass is 35.5. The van der Waals surface area contributed by atoms with E-state index >= 15 is 0 Å². The fourth-order valence-corrected chi connectivity index (χ4v) is 2.04. The fraction of sp³-hybridized carbons (Fsp3) is 0.286. The Balaban J connectivity index is 2.49. The van der Waals surface area contributed by atoms with Gasteiger partial charge in [0, 0.05) is 17.3 Å².